The van der Waals surface area contributed by atoms with Gasteiger partial charge in [-0.05, 0) is 27.6 Å². The second-order valence-electron chi connectivity index (χ2n) is 3.83. The van der Waals surface area contributed by atoms with Gasteiger partial charge in [0.15, 0.2) is 5.65 Å². The highest BCUT2D eigenvalue weighted by Gasteiger charge is 2.04. The molecule has 0 atom stereocenters. The molecule has 0 amide bonds. The highest BCUT2D eigenvalue weighted by atomic mass is 79.9. The van der Waals surface area contributed by atoms with Gasteiger partial charge in [-0.2, -0.15) is 5.10 Å². The first-order valence-electron chi connectivity index (χ1n) is 5.48. The van der Waals surface area contributed by atoms with Crippen LogP contribution >= 0.6 is 15.9 Å². The number of aromatic nitrogens is 3. The molecule has 0 aliphatic rings. The molecular formula is C13H10BrN3O. The topological polar surface area (TPSA) is 39.4 Å². The molecule has 0 saturated heterocycles. The largest absolute Gasteiger partial charge is 0.487 e. The lowest BCUT2D eigenvalue weighted by molar-refractivity contribution is 0.304. The van der Waals surface area contributed by atoms with E-state index in [0.29, 0.717) is 6.61 Å². The van der Waals surface area contributed by atoms with Crippen molar-refractivity contribution in [3.8, 4) is 5.75 Å². The van der Waals surface area contributed by atoms with Gasteiger partial charge in [0.2, 0.25) is 0 Å². The average molecular weight is 304 g/mol. The van der Waals surface area contributed by atoms with Gasteiger partial charge in [-0.15, -0.1) is 0 Å². The van der Waals surface area contributed by atoms with Crippen LogP contribution in [0.25, 0.3) is 5.65 Å². The van der Waals surface area contributed by atoms with E-state index in [9.17, 15) is 0 Å². The van der Waals surface area contributed by atoms with Gasteiger partial charge in [-0.1, -0.05) is 30.3 Å². The van der Waals surface area contributed by atoms with E-state index in [4.69, 9.17) is 4.74 Å². The van der Waals surface area contributed by atoms with Crippen molar-refractivity contribution in [3.63, 3.8) is 0 Å². The first kappa shape index (κ1) is 11.2. The van der Waals surface area contributed by atoms with Crippen molar-refractivity contribution < 1.29 is 4.74 Å². The molecule has 2 heterocycles. The molecule has 0 aliphatic carbocycles. The molecule has 0 spiro atoms. The van der Waals surface area contributed by atoms with Crippen LogP contribution in [0.4, 0.5) is 0 Å². The Morgan fingerprint density at radius 2 is 2.06 bits per heavy atom. The Morgan fingerprint density at radius 3 is 2.89 bits per heavy atom. The molecule has 90 valence electrons. The van der Waals surface area contributed by atoms with Crippen molar-refractivity contribution in [2.24, 2.45) is 0 Å². The normalized spacial score (nSPS) is 10.7. The average Bonchev–Trinajstić information content (AvgIpc) is 2.86. The summed E-state index contributed by atoms with van der Waals surface area (Å²) in [5.74, 6) is 0.753. The van der Waals surface area contributed by atoms with Crippen LogP contribution in [0.15, 0.2) is 53.4 Å². The van der Waals surface area contributed by atoms with E-state index in [1.165, 1.54) is 6.33 Å². The first-order chi connectivity index (χ1) is 8.83. The van der Waals surface area contributed by atoms with E-state index in [1.54, 1.807) is 4.52 Å². The quantitative estimate of drug-likeness (QED) is 0.746. The minimum Gasteiger partial charge on any atom is -0.487 e. The standard InChI is InChI=1S/C13H10BrN3O/c14-12-6-11(7-17-13(12)15-9-16-17)18-8-10-4-2-1-3-5-10/h1-7,9H,8H2. The highest BCUT2D eigenvalue weighted by Crippen LogP contribution is 2.22. The lowest BCUT2D eigenvalue weighted by Gasteiger charge is -2.07. The van der Waals surface area contributed by atoms with Gasteiger partial charge in [0.1, 0.15) is 18.7 Å². The molecule has 2 aromatic heterocycles. The van der Waals surface area contributed by atoms with Crippen LogP contribution in [0.5, 0.6) is 5.75 Å². The van der Waals surface area contributed by atoms with Gasteiger partial charge >= 0.3 is 0 Å². The summed E-state index contributed by atoms with van der Waals surface area (Å²) in [6.45, 7) is 0.535. The Kier molecular flexibility index (Phi) is 2.98. The number of hydrogen-bond acceptors (Lipinski definition) is 3. The maximum absolute atomic E-state index is 5.73. The molecule has 0 fully saturated rings. The Bertz CT molecular complexity index is 666. The summed E-state index contributed by atoms with van der Waals surface area (Å²) in [6.07, 6.45) is 3.33. The molecule has 0 saturated carbocycles. The van der Waals surface area contributed by atoms with Gasteiger partial charge in [0, 0.05) is 0 Å². The molecule has 5 heteroatoms. The number of benzene rings is 1. The fourth-order valence-electron chi connectivity index (χ4n) is 1.68. The van der Waals surface area contributed by atoms with Crippen molar-refractivity contribution in [3.05, 3.63) is 59.0 Å². The predicted molar refractivity (Wildman–Crippen MR) is 71.5 cm³/mol. The third-order valence-electron chi connectivity index (χ3n) is 2.55. The lowest BCUT2D eigenvalue weighted by atomic mass is 10.2. The summed E-state index contributed by atoms with van der Waals surface area (Å²) in [5, 5.41) is 4.09. The van der Waals surface area contributed by atoms with Crippen LogP contribution in [-0.2, 0) is 6.61 Å². The molecule has 18 heavy (non-hydrogen) atoms. The smallest absolute Gasteiger partial charge is 0.169 e. The van der Waals surface area contributed by atoms with E-state index >= 15 is 0 Å². The van der Waals surface area contributed by atoms with E-state index in [0.717, 1.165) is 21.4 Å². The van der Waals surface area contributed by atoms with E-state index in [1.807, 2.05) is 42.6 Å². The van der Waals surface area contributed by atoms with Crippen molar-refractivity contribution >= 4 is 21.6 Å². The van der Waals surface area contributed by atoms with Crippen molar-refractivity contribution in [1.29, 1.82) is 0 Å². The summed E-state index contributed by atoms with van der Waals surface area (Å²) in [7, 11) is 0. The summed E-state index contributed by atoms with van der Waals surface area (Å²) in [4.78, 5) is 4.13. The van der Waals surface area contributed by atoms with Crippen molar-refractivity contribution in [2.45, 2.75) is 6.61 Å². The zero-order chi connectivity index (χ0) is 12.4. The third-order valence-corrected chi connectivity index (χ3v) is 3.14. The minimum absolute atomic E-state index is 0.535. The van der Waals surface area contributed by atoms with Gasteiger partial charge in [0.25, 0.3) is 0 Å². The molecule has 4 nitrogen and oxygen atoms in total. The number of rotatable bonds is 3. The highest BCUT2D eigenvalue weighted by molar-refractivity contribution is 9.10. The number of hydrogen-bond donors (Lipinski definition) is 0. The number of fused-ring (bicyclic) bond motifs is 1. The molecule has 0 N–H and O–H groups in total. The van der Waals surface area contributed by atoms with Crippen LogP contribution in [0.2, 0.25) is 0 Å². The number of halogens is 1. The van der Waals surface area contributed by atoms with Crippen molar-refractivity contribution in [2.75, 3.05) is 0 Å². The maximum Gasteiger partial charge on any atom is 0.169 e. The molecule has 0 unspecified atom stereocenters. The van der Waals surface area contributed by atoms with Gasteiger partial charge in [0.05, 0.1) is 10.7 Å². The van der Waals surface area contributed by atoms with Crippen LogP contribution in [-0.4, -0.2) is 14.6 Å². The van der Waals surface area contributed by atoms with Crippen LogP contribution < -0.4 is 4.74 Å². The van der Waals surface area contributed by atoms with E-state index in [-0.39, 0.29) is 0 Å². The summed E-state index contributed by atoms with van der Waals surface area (Å²) < 4.78 is 8.28. The first-order valence-corrected chi connectivity index (χ1v) is 6.28. The van der Waals surface area contributed by atoms with Crippen LogP contribution in [0.3, 0.4) is 0 Å². The zero-order valence-corrected chi connectivity index (χ0v) is 11.0. The summed E-state index contributed by atoms with van der Waals surface area (Å²) in [5.41, 5.74) is 1.91. The minimum atomic E-state index is 0.535. The molecular weight excluding hydrogens is 294 g/mol. The second kappa shape index (κ2) is 4.78. The van der Waals surface area contributed by atoms with Gasteiger partial charge in [-0.3, -0.25) is 0 Å². The third kappa shape index (κ3) is 2.22. The second-order valence-corrected chi connectivity index (χ2v) is 4.68. The Hall–Kier alpha value is -1.88. The molecule has 1 aromatic carbocycles. The molecule has 3 aromatic rings. The monoisotopic (exact) mass is 303 g/mol. The number of ether oxygens (including phenoxy) is 1. The fourth-order valence-corrected chi connectivity index (χ4v) is 2.19. The molecule has 3 rings (SSSR count). The SMILES string of the molecule is Brc1cc(OCc2ccccc2)cn2ncnc12. The van der Waals surface area contributed by atoms with Crippen LogP contribution in [0.1, 0.15) is 5.56 Å². The predicted octanol–water partition coefficient (Wildman–Crippen LogP) is 3.07. The lowest BCUT2D eigenvalue weighted by Crippen LogP contribution is -1.97. The van der Waals surface area contributed by atoms with Gasteiger partial charge in [-0.25, -0.2) is 9.50 Å². The number of pyridine rings is 1. The number of nitrogens with zero attached hydrogens (tertiary/aromatic N) is 3. The summed E-state index contributed by atoms with van der Waals surface area (Å²) in [6, 6.07) is 11.9. The molecule has 0 aliphatic heterocycles. The maximum atomic E-state index is 5.73. The Balaban J connectivity index is 1.82. The van der Waals surface area contributed by atoms with Gasteiger partial charge < -0.3 is 4.74 Å². The Labute approximate surface area is 112 Å². The van der Waals surface area contributed by atoms with E-state index < -0.39 is 0 Å². The van der Waals surface area contributed by atoms with Crippen molar-refractivity contribution in [1.82, 2.24) is 14.6 Å². The zero-order valence-electron chi connectivity index (χ0n) is 9.45. The molecule has 0 radical (unpaired) electrons. The Morgan fingerprint density at radius 1 is 1.22 bits per heavy atom. The van der Waals surface area contributed by atoms with Crippen LogP contribution in [0, 0.1) is 0 Å². The molecule has 0 bridgehead atoms. The summed E-state index contributed by atoms with van der Waals surface area (Å²) >= 11 is 3.45. The van der Waals surface area contributed by atoms with E-state index in [2.05, 4.69) is 26.0 Å². The fraction of sp³-hybridized carbons (Fsp3) is 0.0769.